The Bertz CT molecular complexity index is 1350. The number of aromatic nitrogens is 2. The van der Waals surface area contributed by atoms with Crippen LogP contribution >= 0.6 is 35.4 Å². The highest BCUT2D eigenvalue weighted by molar-refractivity contribution is 7.80. The highest BCUT2D eigenvalue weighted by Crippen LogP contribution is 2.38. The van der Waals surface area contributed by atoms with Gasteiger partial charge in [0.25, 0.3) is 5.89 Å². The molecule has 3 heterocycles. The van der Waals surface area contributed by atoms with Gasteiger partial charge in [-0.05, 0) is 61.1 Å². The summed E-state index contributed by atoms with van der Waals surface area (Å²) in [5.41, 5.74) is 3.38. The van der Waals surface area contributed by atoms with Crippen LogP contribution in [0.25, 0.3) is 17.0 Å². The Morgan fingerprint density at radius 2 is 1.85 bits per heavy atom. The molecule has 0 radical (unpaired) electrons. The molecule has 0 aliphatic carbocycles. The van der Waals surface area contributed by atoms with Crippen LogP contribution in [0.2, 0.25) is 10.0 Å². The van der Waals surface area contributed by atoms with Gasteiger partial charge in [-0.15, -0.1) is 0 Å². The van der Waals surface area contributed by atoms with Gasteiger partial charge >= 0.3 is 0 Å². The average Bonchev–Trinajstić information content (AvgIpc) is 3.49. The fourth-order valence-corrected chi connectivity index (χ4v) is 4.53. The van der Waals surface area contributed by atoms with E-state index in [-0.39, 0.29) is 6.04 Å². The van der Waals surface area contributed by atoms with E-state index in [1.165, 1.54) is 0 Å². The lowest BCUT2D eigenvalue weighted by atomic mass is 9.95. The van der Waals surface area contributed by atoms with Crippen LogP contribution in [0.1, 0.15) is 30.2 Å². The summed E-state index contributed by atoms with van der Waals surface area (Å²) in [6.45, 7) is 2.44. The zero-order valence-electron chi connectivity index (χ0n) is 17.5. The van der Waals surface area contributed by atoms with Crippen LogP contribution in [0.5, 0.6) is 0 Å². The number of allylic oxidation sites excluding steroid dienone is 1. The van der Waals surface area contributed by atoms with Crippen LogP contribution in [0.3, 0.4) is 0 Å². The number of hydrogen-bond acceptors (Lipinski definition) is 5. The van der Waals surface area contributed by atoms with Gasteiger partial charge in [-0.2, -0.15) is 4.98 Å². The fraction of sp³-hybridized carbons (Fsp3) is 0.125. The molecule has 0 amide bonds. The lowest BCUT2D eigenvalue weighted by molar-refractivity contribution is 0.382. The summed E-state index contributed by atoms with van der Waals surface area (Å²) in [5.74, 6) is 1.61. The summed E-state index contributed by atoms with van der Waals surface area (Å²) in [6.07, 6.45) is 1.64. The molecule has 2 aromatic heterocycles. The van der Waals surface area contributed by atoms with Gasteiger partial charge in [0.2, 0.25) is 5.82 Å². The van der Waals surface area contributed by atoms with Gasteiger partial charge in [-0.25, -0.2) is 0 Å². The third kappa shape index (κ3) is 4.39. The van der Waals surface area contributed by atoms with Crippen LogP contribution in [0.15, 0.2) is 81.6 Å². The minimum absolute atomic E-state index is 0.322. The number of furan rings is 1. The zero-order valence-corrected chi connectivity index (χ0v) is 19.8. The van der Waals surface area contributed by atoms with Crippen LogP contribution < -0.4 is 5.32 Å². The second-order valence-electron chi connectivity index (χ2n) is 7.54. The van der Waals surface area contributed by atoms with E-state index in [1.54, 1.807) is 18.4 Å². The smallest absolute Gasteiger partial charge is 0.258 e. The molecule has 0 fully saturated rings. The monoisotopic (exact) mass is 496 g/mol. The van der Waals surface area contributed by atoms with Crippen molar-refractivity contribution >= 4 is 46.1 Å². The maximum atomic E-state index is 6.29. The van der Waals surface area contributed by atoms with Crippen molar-refractivity contribution in [1.29, 1.82) is 0 Å². The Balaban J connectivity index is 1.61. The van der Waals surface area contributed by atoms with Crippen molar-refractivity contribution < 1.29 is 8.94 Å². The summed E-state index contributed by atoms with van der Waals surface area (Å²) in [4.78, 5) is 6.64. The van der Waals surface area contributed by atoms with Gasteiger partial charge in [0.05, 0.1) is 24.4 Å². The Morgan fingerprint density at radius 1 is 1.06 bits per heavy atom. The third-order valence-corrected chi connectivity index (χ3v) is 6.22. The average molecular weight is 497 g/mol. The maximum absolute atomic E-state index is 6.29. The Hall–Kier alpha value is -3.13. The molecule has 1 atom stereocenters. The molecule has 1 N–H and O–H groups in total. The van der Waals surface area contributed by atoms with E-state index in [1.807, 2.05) is 60.4 Å². The molecular weight excluding hydrogens is 479 g/mol. The van der Waals surface area contributed by atoms with Gasteiger partial charge in [0, 0.05) is 21.3 Å². The summed E-state index contributed by atoms with van der Waals surface area (Å²) >= 11 is 18.1. The molecule has 9 heteroatoms. The zero-order chi connectivity index (χ0) is 22.9. The Kier molecular flexibility index (Phi) is 5.93. The molecule has 2 aromatic carbocycles. The normalized spacial score (nSPS) is 16.3. The lowest BCUT2D eigenvalue weighted by Crippen LogP contribution is -2.45. The highest BCUT2D eigenvalue weighted by Gasteiger charge is 2.34. The molecule has 0 spiro atoms. The molecule has 0 saturated heterocycles. The maximum Gasteiger partial charge on any atom is 0.258 e. The molecule has 0 saturated carbocycles. The van der Waals surface area contributed by atoms with E-state index in [0.29, 0.717) is 33.4 Å². The van der Waals surface area contributed by atoms with E-state index < -0.39 is 0 Å². The standard InChI is InChI=1S/C24H18Cl2N4O2S/c1-14-20(23-28-22(29-32-23)16-6-3-8-18(26)12-16)21(15-5-2-7-17(25)11-15)27-24(33)30(14)13-19-9-4-10-31-19/h2-12,21H,13H2,1H3,(H,27,33). The van der Waals surface area contributed by atoms with E-state index in [9.17, 15) is 0 Å². The summed E-state index contributed by atoms with van der Waals surface area (Å²) in [7, 11) is 0. The van der Waals surface area contributed by atoms with Gasteiger partial charge in [-0.3, -0.25) is 0 Å². The second kappa shape index (κ2) is 9.02. The van der Waals surface area contributed by atoms with E-state index in [4.69, 9.17) is 44.4 Å². The number of halogens is 2. The number of rotatable bonds is 5. The fourth-order valence-electron chi connectivity index (χ4n) is 3.82. The molecule has 0 bridgehead atoms. The minimum atomic E-state index is -0.322. The molecule has 4 aromatic rings. The predicted molar refractivity (Wildman–Crippen MR) is 132 cm³/mol. The molecule has 1 aliphatic rings. The van der Waals surface area contributed by atoms with Crippen molar-refractivity contribution in [2.45, 2.75) is 19.5 Å². The molecule has 5 rings (SSSR count). The third-order valence-electron chi connectivity index (χ3n) is 5.41. The topological polar surface area (TPSA) is 67.3 Å². The number of hydrogen-bond donors (Lipinski definition) is 1. The van der Waals surface area contributed by atoms with Crippen molar-refractivity contribution in [3.63, 3.8) is 0 Å². The van der Waals surface area contributed by atoms with E-state index in [2.05, 4.69) is 15.5 Å². The second-order valence-corrected chi connectivity index (χ2v) is 8.80. The minimum Gasteiger partial charge on any atom is -0.467 e. The van der Waals surface area contributed by atoms with Crippen molar-refractivity contribution in [2.75, 3.05) is 0 Å². The Morgan fingerprint density at radius 3 is 2.58 bits per heavy atom. The summed E-state index contributed by atoms with van der Waals surface area (Å²) in [5, 5.41) is 9.39. The first-order chi connectivity index (χ1) is 16.0. The van der Waals surface area contributed by atoms with Crippen molar-refractivity contribution in [2.24, 2.45) is 0 Å². The molecule has 166 valence electrons. The van der Waals surface area contributed by atoms with Gasteiger partial charge in [0.1, 0.15) is 5.76 Å². The molecular formula is C24H18Cl2N4O2S. The highest BCUT2D eigenvalue weighted by atomic mass is 35.5. The van der Waals surface area contributed by atoms with Crippen molar-refractivity contribution in [3.05, 3.63) is 99.9 Å². The summed E-state index contributed by atoms with van der Waals surface area (Å²) < 4.78 is 11.3. The molecule has 6 nitrogen and oxygen atoms in total. The molecule has 1 unspecified atom stereocenters. The largest absolute Gasteiger partial charge is 0.467 e. The first-order valence-corrected chi connectivity index (χ1v) is 11.3. The SMILES string of the molecule is CC1=C(c2nc(-c3cccc(Cl)c3)no2)C(c2cccc(Cl)c2)NC(=S)N1Cc1ccco1. The van der Waals surface area contributed by atoms with Crippen LogP contribution in [-0.4, -0.2) is 20.2 Å². The predicted octanol–water partition coefficient (Wildman–Crippen LogP) is 6.50. The first kappa shape index (κ1) is 21.7. The van der Waals surface area contributed by atoms with Crippen molar-refractivity contribution in [1.82, 2.24) is 20.4 Å². The number of thiocarbonyl (C=S) groups is 1. The number of nitrogens with zero attached hydrogens (tertiary/aromatic N) is 3. The lowest BCUT2D eigenvalue weighted by Gasteiger charge is -2.37. The molecule has 33 heavy (non-hydrogen) atoms. The quantitative estimate of drug-likeness (QED) is 0.316. The van der Waals surface area contributed by atoms with Gasteiger partial charge < -0.3 is 19.2 Å². The van der Waals surface area contributed by atoms with Crippen LogP contribution in [-0.2, 0) is 6.54 Å². The van der Waals surface area contributed by atoms with E-state index in [0.717, 1.165) is 28.2 Å². The van der Waals surface area contributed by atoms with Gasteiger partial charge in [-0.1, -0.05) is 52.6 Å². The van der Waals surface area contributed by atoms with Crippen LogP contribution in [0.4, 0.5) is 0 Å². The first-order valence-electron chi connectivity index (χ1n) is 10.2. The van der Waals surface area contributed by atoms with Crippen molar-refractivity contribution in [3.8, 4) is 11.4 Å². The van der Waals surface area contributed by atoms with Gasteiger partial charge in [0.15, 0.2) is 5.11 Å². The molecule has 1 aliphatic heterocycles. The Labute approximate surface area is 205 Å². The number of benzene rings is 2. The number of nitrogens with one attached hydrogen (secondary N) is 1. The van der Waals surface area contributed by atoms with E-state index >= 15 is 0 Å². The summed E-state index contributed by atoms with van der Waals surface area (Å²) in [6, 6.07) is 18.4. The van der Waals surface area contributed by atoms with Crippen LogP contribution in [0, 0.1) is 0 Å².